The Morgan fingerprint density at radius 3 is 2.95 bits per heavy atom. The van der Waals surface area contributed by atoms with Crippen LogP contribution in [0.25, 0.3) is 16.5 Å². The van der Waals surface area contributed by atoms with Gasteiger partial charge >= 0.3 is 0 Å². The number of para-hydroxylation sites is 1. The van der Waals surface area contributed by atoms with E-state index in [1.807, 2.05) is 23.6 Å². The summed E-state index contributed by atoms with van der Waals surface area (Å²) in [5.41, 5.74) is 5.16. The van der Waals surface area contributed by atoms with Gasteiger partial charge in [0, 0.05) is 27.9 Å². The minimum atomic E-state index is 0.509. The number of benzene rings is 1. The van der Waals surface area contributed by atoms with Crippen molar-refractivity contribution in [3.8, 4) is 0 Å². The van der Waals surface area contributed by atoms with Crippen molar-refractivity contribution >= 4 is 27.8 Å². The fraction of sp³-hybridized carbons (Fsp3) is 0.118. The van der Waals surface area contributed by atoms with E-state index in [1.54, 1.807) is 0 Å². The molecule has 0 bridgehead atoms. The molecule has 0 aliphatic heterocycles. The average Bonchev–Trinajstić information content (AvgIpc) is 3.03. The van der Waals surface area contributed by atoms with Crippen LogP contribution in [0.4, 0.5) is 0 Å². The lowest BCUT2D eigenvalue weighted by Crippen LogP contribution is -1.87. The summed E-state index contributed by atoms with van der Waals surface area (Å²) in [6.45, 7) is 2.26. The molecule has 1 nitrogen and oxygen atoms in total. The molecule has 1 aliphatic rings. The first-order valence-electron chi connectivity index (χ1n) is 6.48. The van der Waals surface area contributed by atoms with Crippen LogP contribution in [-0.2, 0) is 0 Å². The minimum Gasteiger partial charge on any atom is -0.256 e. The average molecular weight is 263 g/mol. The third kappa shape index (κ3) is 1.57. The highest BCUT2D eigenvalue weighted by molar-refractivity contribution is 7.11. The maximum absolute atomic E-state index is 4.57. The second kappa shape index (κ2) is 4.04. The van der Waals surface area contributed by atoms with Gasteiger partial charge in [0.05, 0.1) is 5.52 Å². The minimum absolute atomic E-state index is 0.509. The molecule has 0 spiro atoms. The highest BCUT2D eigenvalue weighted by Gasteiger charge is 2.23. The second-order valence-electron chi connectivity index (χ2n) is 4.95. The van der Waals surface area contributed by atoms with Crippen molar-refractivity contribution in [2.24, 2.45) is 0 Å². The summed E-state index contributed by atoms with van der Waals surface area (Å²) in [5.74, 6) is 0.509. The molecule has 0 radical (unpaired) electrons. The second-order valence-corrected chi connectivity index (χ2v) is 5.87. The SMILES string of the molecule is CC1C=C(c2cccc3cccnc23)c2sccc21. The van der Waals surface area contributed by atoms with Crippen molar-refractivity contribution in [1.82, 2.24) is 4.98 Å². The molecule has 1 aromatic carbocycles. The van der Waals surface area contributed by atoms with Gasteiger partial charge in [0.2, 0.25) is 0 Å². The van der Waals surface area contributed by atoms with Crippen molar-refractivity contribution in [3.05, 3.63) is 70.1 Å². The van der Waals surface area contributed by atoms with Crippen LogP contribution in [0.2, 0.25) is 0 Å². The number of nitrogens with zero attached hydrogens (tertiary/aromatic N) is 1. The van der Waals surface area contributed by atoms with E-state index >= 15 is 0 Å². The van der Waals surface area contributed by atoms with Crippen LogP contribution < -0.4 is 0 Å². The maximum Gasteiger partial charge on any atom is 0.0780 e. The molecule has 2 aromatic heterocycles. The van der Waals surface area contributed by atoms with Crippen LogP contribution in [-0.4, -0.2) is 4.98 Å². The van der Waals surface area contributed by atoms with E-state index in [2.05, 4.69) is 53.7 Å². The largest absolute Gasteiger partial charge is 0.256 e. The van der Waals surface area contributed by atoms with Gasteiger partial charge in [0.1, 0.15) is 0 Å². The molecule has 0 fully saturated rings. The fourth-order valence-corrected chi connectivity index (χ4v) is 3.89. The van der Waals surface area contributed by atoms with Crippen LogP contribution in [0.15, 0.2) is 54.1 Å². The van der Waals surface area contributed by atoms with Crippen molar-refractivity contribution in [2.75, 3.05) is 0 Å². The van der Waals surface area contributed by atoms with Crippen LogP contribution in [0.5, 0.6) is 0 Å². The molecule has 1 atom stereocenters. The number of allylic oxidation sites excluding steroid dienone is 1. The van der Waals surface area contributed by atoms with Crippen molar-refractivity contribution < 1.29 is 0 Å². The molecular formula is C17H13NS. The van der Waals surface area contributed by atoms with E-state index in [1.165, 1.54) is 27.0 Å². The van der Waals surface area contributed by atoms with E-state index < -0.39 is 0 Å². The Balaban J connectivity index is 2.00. The van der Waals surface area contributed by atoms with E-state index in [-0.39, 0.29) is 0 Å². The molecule has 4 rings (SSSR count). The van der Waals surface area contributed by atoms with Crippen molar-refractivity contribution in [1.29, 1.82) is 0 Å². The van der Waals surface area contributed by atoms with Crippen LogP contribution >= 0.6 is 11.3 Å². The summed E-state index contributed by atoms with van der Waals surface area (Å²) in [6, 6.07) is 12.8. The summed E-state index contributed by atoms with van der Waals surface area (Å²) in [7, 11) is 0. The van der Waals surface area contributed by atoms with Crippen LogP contribution in [0.1, 0.15) is 28.8 Å². The van der Waals surface area contributed by atoms with Gasteiger partial charge in [-0.15, -0.1) is 11.3 Å². The van der Waals surface area contributed by atoms with E-state index in [0.29, 0.717) is 5.92 Å². The van der Waals surface area contributed by atoms with E-state index in [4.69, 9.17) is 0 Å². The quantitative estimate of drug-likeness (QED) is 0.612. The number of pyridine rings is 1. The highest BCUT2D eigenvalue weighted by Crippen LogP contribution is 2.43. The molecule has 3 aromatic rings. The monoisotopic (exact) mass is 263 g/mol. The van der Waals surface area contributed by atoms with Crippen molar-refractivity contribution in [3.63, 3.8) is 0 Å². The molecular weight excluding hydrogens is 250 g/mol. The van der Waals surface area contributed by atoms with Gasteiger partial charge in [0.15, 0.2) is 0 Å². The molecule has 0 amide bonds. The molecule has 92 valence electrons. The lowest BCUT2D eigenvalue weighted by Gasteiger charge is -2.06. The molecule has 2 heterocycles. The zero-order valence-electron chi connectivity index (χ0n) is 10.6. The first-order valence-corrected chi connectivity index (χ1v) is 7.36. The molecule has 0 saturated heterocycles. The third-order valence-corrected chi connectivity index (χ3v) is 4.73. The predicted octanol–water partition coefficient (Wildman–Crippen LogP) is 4.85. The van der Waals surface area contributed by atoms with E-state index in [9.17, 15) is 0 Å². The molecule has 1 aliphatic carbocycles. The molecule has 1 unspecified atom stereocenters. The molecule has 0 saturated carbocycles. The Hall–Kier alpha value is -1.93. The van der Waals surface area contributed by atoms with Gasteiger partial charge in [-0.25, -0.2) is 0 Å². The van der Waals surface area contributed by atoms with Gasteiger partial charge in [-0.05, 0) is 28.6 Å². The van der Waals surface area contributed by atoms with E-state index in [0.717, 1.165) is 5.52 Å². The number of hydrogen-bond acceptors (Lipinski definition) is 2. The Bertz CT molecular complexity index is 792. The number of fused-ring (bicyclic) bond motifs is 2. The van der Waals surface area contributed by atoms with Crippen LogP contribution in [0.3, 0.4) is 0 Å². The smallest absolute Gasteiger partial charge is 0.0780 e. The van der Waals surface area contributed by atoms with Gasteiger partial charge in [-0.3, -0.25) is 4.98 Å². The number of hydrogen-bond donors (Lipinski definition) is 0. The first-order chi connectivity index (χ1) is 9.34. The Labute approximate surface area is 116 Å². The number of rotatable bonds is 1. The zero-order chi connectivity index (χ0) is 12.8. The lowest BCUT2D eigenvalue weighted by atomic mass is 10.0. The number of aromatic nitrogens is 1. The lowest BCUT2D eigenvalue weighted by molar-refractivity contribution is 0.996. The fourth-order valence-electron chi connectivity index (χ4n) is 2.85. The molecule has 19 heavy (non-hydrogen) atoms. The highest BCUT2D eigenvalue weighted by atomic mass is 32.1. The standard InChI is InChI=1S/C17H13NS/c1-11-10-15(17-13(11)7-9-19-17)14-6-2-4-12-5-3-8-18-16(12)14/h2-11H,1H3. The van der Waals surface area contributed by atoms with Gasteiger partial charge in [0.25, 0.3) is 0 Å². The maximum atomic E-state index is 4.57. The summed E-state index contributed by atoms with van der Waals surface area (Å²) < 4.78 is 0. The molecule has 2 heteroatoms. The number of thiophene rings is 1. The Morgan fingerprint density at radius 1 is 1.11 bits per heavy atom. The zero-order valence-corrected chi connectivity index (χ0v) is 11.4. The first kappa shape index (κ1) is 10.9. The summed E-state index contributed by atoms with van der Waals surface area (Å²) in [6.07, 6.45) is 4.24. The van der Waals surface area contributed by atoms with Gasteiger partial charge < -0.3 is 0 Å². The third-order valence-electron chi connectivity index (χ3n) is 3.77. The Kier molecular flexibility index (Phi) is 2.32. The summed E-state index contributed by atoms with van der Waals surface area (Å²) >= 11 is 1.83. The van der Waals surface area contributed by atoms with Crippen molar-refractivity contribution in [2.45, 2.75) is 12.8 Å². The molecule has 0 N–H and O–H groups in total. The van der Waals surface area contributed by atoms with Gasteiger partial charge in [-0.2, -0.15) is 0 Å². The Morgan fingerprint density at radius 2 is 2.00 bits per heavy atom. The van der Waals surface area contributed by atoms with Crippen LogP contribution in [0, 0.1) is 0 Å². The summed E-state index contributed by atoms with van der Waals surface area (Å²) in [5, 5.41) is 3.39. The van der Waals surface area contributed by atoms with Gasteiger partial charge in [-0.1, -0.05) is 37.3 Å². The summed E-state index contributed by atoms with van der Waals surface area (Å²) in [4.78, 5) is 5.98. The predicted molar refractivity (Wildman–Crippen MR) is 81.6 cm³/mol. The normalized spacial score (nSPS) is 17.5. The topological polar surface area (TPSA) is 12.9 Å².